The van der Waals surface area contributed by atoms with Gasteiger partial charge in [-0.15, -0.1) is 0 Å². The van der Waals surface area contributed by atoms with E-state index in [4.69, 9.17) is 0 Å². The summed E-state index contributed by atoms with van der Waals surface area (Å²) in [5, 5.41) is 0.900. The summed E-state index contributed by atoms with van der Waals surface area (Å²) in [6, 6.07) is 2.00. The highest BCUT2D eigenvalue weighted by Gasteiger charge is 2.11. The van der Waals surface area contributed by atoms with Crippen LogP contribution < -0.4 is 0 Å². The minimum absolute atomic E-state index is 0.325. The van der Waals surface area contributed by atoms with Crippen molar-refractivity contribution < 1.29 is 0 Å². The molecule has 0 aromatic carbocycles. The normalized spacial score (nSPS) is 11.8. The third-order valence-corrected chi connectivity index (χ3v) is 3.05. The summed E-state index contributed by atoms with van der Waals surface area (Å²) in [7, 11) is 0. The molecule has 0 unspecified atom stereocenters. The van der Waals surface area contributed by atoms with Gasteiger partial charge in [0.05, 0.1) is 0 Å². The molecule has 0 aliphatic rings. The van der Waals surface area contributed by atoms with Gasteiger partial charge in [0.2, 0.25) is 0 Å². The van der Waals surface area contributed by atoms with Crippen molar-refractivity contribution in [2.75, 3.05) is 5.75 Å². The van der Waals surface area contributed by atoms with E-state index in [1.807, 2.05) is 19.9 Å². The van der Waals surface area contributed by atoms with Crippen LogP contribution in [-0.2, 0) is 0 Å². The first kappa shape index (κ1) is 11.5. The van der Waals surface area contributed by atoms with E-state index in [1.54, 1.807) is 11.8 Å². The molecule has 1 heterocycles. The number of rotatable bonds is 2. The molecule has 0 saturated heterocycles. The lowest BCUT2D eigenvalue weighted by molar-refractivity contribution is 0.480. The van der Waals surface area contributed by atoms with Crippen molar-refractivity contribution >= 4 is 11.8 Å². The van der Waals surface area contributed by atoms with Gasteiger partial charge >= 0.3 is 0 Å². The Hall–Kier alpha value is -0.570. The lowest BCUT2D eigenvalue weighted by Crippen LogP contribution is -2.09. The Kier molecular flexibility index (Phi) is 3.53. The first-order valence-electron chi connectivity index (χ1n) is 4.82. The minimum atomic E-state index is 0.325. The summed E-state index contributed by atoms with van der Waals surface area (Å²) in [5.74, 6) is 1.05. The van der Waals surface area contributed by atoms with E-state index < -0.39 is 0 Å². The molecule has 0 aliphatic carbocycles. The zero-order valence-electron chi connectivity index (χ0n) is 9.59. The van der Waals surface area contributed by atoms with E-state index in [9.17, 15) is 0 Å². The smallest absolute Gasteiger partial charge is 0.187 e. The van der Waals surface area contributed by atoms with E-state index in [0.717, 1.165) is 22.3 Å². The minimum Gasteiger partial charge on any atom is -0.228 e. The second-order valence-corrected chi connectivity index (χ2v) is 5.73. The van der Waals surface area contributed by atoms with Crippen LogP contribution in [0.3, 0.4) is 0 Å². The van der Waals surface area contributed by atoms with Crippen LogP contribution in [0.15, 0.2) is 11.2 Å². The molecule has 0 saturated carbocycles. The maximum atomic E-state index is 4.39. The van der Waals surface area contributed by atoms with Crippen LogP contribution in [0, 0.1) is 19.3 Å². The first-order valence-corrected chi connectivity index (χ1v) is 5.80. The predicted octanol–water partition coefficient (Wildman–Crippen LogP) is 3.23. The molecule has 3 heteroatoms. The van der Waals surface area contributed by atoms with Gasteiger partial charge in [-0.05, 0) is 25.3 Å². The van der Waals surface area contributed by atoms with Crippen LogP contribution in [0.5, 0.6) is 0 Å². The molecule has 0 spiro atoms. The van der Waals surface area contributed by atoms with Crippen molar-refractivity contribution in [2.45, 2.75) is 39.8 Å². The second-order valence-electron chi connectivity index (χ2n) is 4.78. The summed E-state index contributed by atoms with van der Waals surface area (Å²) < 4.78 is 0. The van der Waals surface area contributed by atoms with Gasteiger partial charge in [-0.3, -0.25) is 0 Å². The van der Waals surface area contributed by atoms with Crippen molar-refractivity contribution in [3.8, 4) is 0 Å². The van der Waals surface area contributed by atoms with E-state index in [2.05, 4.69) is 30.7 Å². The molecule has 2 nitrogen and oxygen atoms in total. The lowest BCUT2D eigenvalue weighted by Gasteiger charge is -2.16. The molecular weight excluding hydrogens is 192 g/mol. The fraction of sp³-hybridized carbons (Fsp3) is 0.636. The molecule has 1 aromatic heterocycles. The summed E-state index contributed by atoms with van der Waals surface area (Å²) in [6.07, 6.45) is 0. The van der Waals surface area contributed by atoms with E-state index in [1.165, 1.54) is 0 Å². The maximum Gasteiger partial charge on any atom is 0.187 e. The molecular formula is C11H18N2S. The Bertz CT molecular complexity index is 295. The average Bonchev–Trinajstić information content (AvgIpc) is 1.97. The zero-order chi connectivity index (χ0) is 10.8. The Labute approximate surface area is 90.5 Å². The summed E-state index contributed by atoms with van der Waals surface area (Å²) in [5.41, 5.74) is 2.42. The van der Waals surface area contributed by atoms with E-state index in [-0.39, 0.29) is 0 Å². The highest BCUT2D eigenvalue weighted by Crippen LogP contribution is 2.24. The monoisotopic (exact) mass is 210 g/mol. The second kappa shape index (κ2) is 4.30. The van der Waals surface area contributed by atoms with Crippen LogP contribution in [-0.4, -0.2) is 15.7 Å². The third-order valence-electron chi connectivity index (χ3n) is 1.60. The number of hydrogen-bond donors (Lipinski definition) is 0. The first-order chi connectivity index (χ1) is 6.37. The van der Waals surface area contributed by atoms with Gasteiger partial charge in [0.25, 0.3) is 0 Å². The molecule has 78 valence electrons. The number of aryl methyl sites for hydroxylation is 2. The predicted molar refractivity (Wildman–Crippen MR) is 61.7 cm³/mol. The quantitative estimate of drug-likeness (QED) is 0.553. The number of nitrogens with zero attached hydrogens (tertiary/aromatic N) is 2. The SMILES string of the molecule is Cc1cc(C)nc(SCC(C)(C)C)n1. The van der Waals surface area contributed by atoms with Crippen LogP contribution >= 0.6 is 11.8 Å². The van der Waals surface area contributed by atoms with Gasteiger partial charge in [0, 0.05) is 17.1 Å². The van der Waals surface area contributed by atoms with Gasteiger partial charge in [-0.1, -0.05) is 32.5 Å². The molecule has 0 atom stereocenters. The van der Waals surface area contributed by atoms with E-state index >= 15 is 0 Å². The van der Waals surface area contributed by atoms with Crippen LogP contribution in [0.1, 0.15) is 32.2 Å². The average molecular weight is 210 g/mol. The van der Waals surface area contributed by atoms with Crippen LogP contribution in [0.4, 0.5) is 0 Å². The van der Waals surface area contributed by atoms with Gasteiger partial charge in [0.1, 0.15) is 0 Å². The molecule has 0 bridgehead atoms. The molecule has 14 heavy (non-hydrogen) atoms. The van der Waals surface area contributed by atoms with Crippen molar-refractivity contribution in [2.24, 2.45) is 5.41 Å². The van der Waals surface area contributed by atoms with Crippen LogP contribution in [0.25, 0.3) is 0 Å². The van der Waals surface area contributed by atoms with Crippen molar-refractivity contribution in [3.05, 3.63) is 17.5 Å². The zero-order valence-corrected chi connectivity index (χ0v) is 10.4. The highest BCUT2D eigenvalue weighted by molar-refractivity contribution is 7.99. The molecule has 0 aliphatic heterocycles. The van der Waals surface area contributed by atoms with Gasteiger partial charge < -0.3 is 0 Å². The fourth-order valence-electron chi connectivity index (χ4n) is 1.04. The van der Waals surface area contributed by atoms with Crippen molar-refractivity contribution in [1.29, 1.82) is 0 Å². The Morgan fingerprint density at radius 1 is 1.14 bits per heavy atom. The van der Waals surface area contributed by atoms with Crippen molar-refractivity contribution in [3.63, 3.8) is 0 Å². The molecule has 0 amide bonds. The van der Waals surface area contributed by atoms with E-state index in [0.29, 0.717) is 5.41 Å². The molecule has 1 aromatic rings. The van der Waals surface area contributed by atoms with Gasteiger partial charge in [-0.2, -0.15) is 0 Å². The third kappa shape index (κ3) is 4.09. The number of thioether (sulfide) groups is 1. The molecule has 0 radical (unpaired) electrons. The fourth-order valence-corrected chi connectivity index (χ4v) is 2.02. The number of aromatic nitrogens is 2. The molecule has 1 rings (SSSR count). The van der Waals surface area contributed by atoms with Crippen LogP contribution in [0.2, 0.25) is 0 Å². The highest BCUT2D eigenvalue weighted by atomic mass is 32.2. The molecule has 0 fully saturated rings. The Balaban J connectivity index is 2.68. The lowest BCUT2D eigenvalue weighted by atomic mass is 10.0. The largest absolute Gasteiger partial charge is 0.228 e. The van der Waals surface area contributed by atoms with Crippen molar-refractivity contribution in [1.82, 2.24) is 9.97 Å². The van der Waals surface area contributed by atoms with Gasteiger partial charge in [0.15, 0.2) is 5.16 Å². The number of hydrogen-bond acceptors (Lipinski definition) is 3. The van der Waals surface area contributed by atoms with Gasteiger partial charge in [-0.25, -0.2) is 9.97 Å². The molecule has 0 N–H and O–H groups in total. The topological polar surface area (TPSA) is 25.8 Å². The summed E-state index contributed by atoms with van der Waals surface area (Å²) >= 11 is 1.73. The summed E-state index contributed by atoms with van der Waals surface area (Å²) in [4.78, 5) is 8.78. The maximum absolute atomic E-state index is 4.39. The standard InChI is InChI=1S/C11H18N2S/c1-8-6-9(2)13-10(12-8)14-7-11(3,4)5/h6H,7H2,1-5H3. The Morgan fingerprint density at radius 3 is 2.07 bits per heavy atom. The Morgan fingerprint density at radius 2 is 1.64 bits per heavy atom. The summed E-state index contributed by atoms with van der Waals surface area (Å²) in [6.45, 7) is 10.7.